The summed E-state index contributed by atoms with van der Waals surface area (Å²) in [5.74, 6) is 2.88. The minimum absolute atomic E-state index is 0.265. The van der Waals surface area contributed by atoms with Crippen molar-refractivity contribution in [2.45, 2.75) is 30.0 Å². The molecule has 0 bridgehead atoms. The summed E-state index contributed by atoms with van der Waals surface area (Å²) in [5, 5.41) is 1.76. The van der Waals surface area contributed by atoms with E-state index in [1.54, 1.807) is 24.6 Å². The summed E-state index contributed by atoms with van der Waals surface area (Å²) in [7, 11) is -1.83. The van der Waals surface area contributed by atoms with Crippen LogP contribution in [0.4, 0.5) is 0 Å². The number of hydrogen-bond donors (Lipinski definition) is 0. The lowest BCUT2D eigenvalue weighted by Crippen LogP contribution is -2.25. The number of furan rings is 1. The van der Waals surface area contributed by atoms with Gasteiger partial charge in [-0.15, -0.1) is 11.3 Å². The predicted octanol–water partition coefficient (Wildman–Crippen LogP) is 3.29. The molecular weight excluding hydrogens is 294 g/mol. The van der Waals surface area contributed by atoms with Crippen LogP contribution >= 0.6 is 11.3 Å². The lowest BCUT2D eigenvalue weighted by atomic mass is 10.3. The Hall–Kier alpha value is -1.11. The van der Waals surface area contributed by atoms with Crippen molar-refractivity contribution in [1.82, 2.24) is 4.31 Å². The molecule has 1 saturated carbocycles. The second-order valence-electron chi connectivity index (χ2n) is 5.32. The van der Waals surface area contributed by atoms with Crippen molar-refractivity contribution >= 4 is 21.4 Å². The molecule has 0 aromatic carbocycles. The number of hydrogen-bond acceptors (Lipinski definition) is 4. The molecule has 0 aliphatic heterocycles. The van der Waals surface area contributed by atoms with Gasteiger partial charge in [0.05, 0.1) is 6.54 Å². The summed E-state index contributed by atoms with van der Waals surface area (Å²) < 4.78 is 32.0. The summed E-state index contributed by atoms with van der Waals surface area (Å²) in [6.07, 6.45) is 1.16. The first-order chi connectivity index (χ1) is 9.48. The minimum atomic E-state index is -3.41. The molecule has 2 heterocycles. The Morgan fingerprint density at radius 3 is 2.75 bits per heavy atom. The Kier molecular flexibility index (Phi) is 3.48. The van der Waals surface area contributed by atoms with E-state index in [4.69, 9.17) is 4.42 Å². The van der Waals surface area contributed by atoms with Crippen LogP contribution in [0.15, 0.2) is 38.3 Å². The van der Waals surface area contributed by atoms with Gasteiger partial charge in [0.2, 0.25) is 0 Å². The van der Waals surface area contributed by atoms with Gasteiger partial charge in [0.1, 0.15) is 15.7 Å². The molecule has 20 heavy (non-hydrogen) atoms. The molecule has 2 atom stereocenters. The average Bonchev–Trinajstić information content (AvgIpc) is 2.90. The van der Waals surface area contributed by atoms with Gasteiger partial charge in [-0.3, -0.25) is 0 Å². The third-order valence-electron chi connectivity index (χ3n) is 3.70. The van der Waals surface area contributed by atoms with Gasteiger partial charge in [-0.05, 0) is 35.9 Å². The fourth-order valence-electron chi connectivity index (χ4n) is 2.27. The molecule has 0 amide bonds. The van der Waals surface area contributed by atoms with Crippen molar-refractivity contribution in [1.29, 1.82) is 0 Å². The van der Waals surface area contributed by atoms with Crippen LogP contribution in [-0.2, 0) is 16.6 Å². The highest BCUT2D eigenvalue weighted by Gasteiger charge is 2.36. The Bertz CT molecular complexity index is 688. The van der Waals surface area contributed by atoms with E-state index in [-0.39, 0.29) is 6.54 Å². The van der Waals surface area contributed by atoms with E-state index in [1.807, 2.05) is 12.1 Å². The highest BCUT2D eigenvalue weighted by atomic mass is 32.2. The zero-order valence-electron chi connectivity index (χ0n) is 11.4. The van der Waals surface area contributed by atoms with Gasteiger partial charge >= 0.3 is 0 Å². The van der Waals surface area contributed by atoms with Gasteiger partial charge in [-0.25, -0.2) is 8.42 Å². The lowest BCUT2D eigenvalue weighted by Gasteiger charge is -2.14. The van der Waals surface area contributed by atoms with Gasteiger partial charge in [0.15, 0.2) is 0 Å². The smallest absolute Gasteiger partial charge is 0.252 e. The van der Waals surface area contributed by atoms with Crippen molar-refractivity contribution in [2.75, 3.05) is 7.05 Å². The molecule has 2 aromatic rings. The first kappa shape index (κ1) is 13.9. The molecule has 6 heteroatoms. The molecule has 3 rings (SSSR count). The molecule has 1 fully saturated rings. The molecule has 108 valence electrons. The number of sulfonamides is 1. The Morgan fingerprint density at radius 1 is 1.40 bits per heavy atom. The van der Waals surface area contributed by atoms with Crippen molar-refractivity contribution < 1.29 is 12.8 Å². The third-order valence-corrected chi connectivity index (χ3v) is 6.87. The summed E-state index contributed by atoms with van der Waals surface area (Å²) in [5.41, 5.74) is 0. The molecule has 0 spiro atoms. The quantitative estimate of drug-likeness (QED) is 0.851. The molecule has 2 aromatic heterocycles. The van der Waals surface area contributed by atoms with E-state index in [9.17, 15) is 8.42 Å². The lowest BCUT2D eigenvalue weighted by molar-refractivity contribution is 0.390. The maximum absolute atomic E-state index is 12.3. The largest absolute Gasteiger partial charge is 0.464 e. The molecule has 1 aliphatic carbocycles. The second kappa shape index (κ2) is 5.02. The van der Waals surface area contributed by atoms with Crippen LogP contribution < -0.4 is 0 Å². The van der Waals surface area contributed by atoms with Crippen LogP contribution in [0.3, 0.4) is 0 Å². The number of thiophene rings is 1. The normalized spacial score (nSPS) is 22.4. The SMILES string of the molecule is C[C@H]1C[C@@H]1c1ccc(CN(C)S(=O)(=O)c2cccs2)o1. The molecular formula is C14H17NO3S2. The fourth-order valence-corrected chi connectivity index (χ4v) is 4.60. The summed E-state index contributed by atoms with van der Waals surface area (Å²) >= 11 is 1.23. The third kappa shape index (κ3) is 2.55. The number of nitrogens with zero attached hydrogens (tertiary/aromatic N) is 1. The van der Waals surface area contributed by atoms with E-state index < -0.39 is 10.0 Å². The monoisotopic (exact) mass is 311 g/mol. The standard InChI is InChI=1S/C14H17NO3S2/c1-10-8-12(10)13-6-5-11(18-13)9-15(2)20(16,17)14-4-3-7-19-14/h3-7,10,12H,8-9H2,1-2H3/t10-,12-/m0/s1. The van der Waals surface area contributed by atoms with Crippen LogP contribution in [0.1, 0.15) is 30.8 Å². The summed E-state index contributed by atoms with van der Waals surface area (Å²) in [6, 6.07) is 7.21. The maximum atomic E-state index is 12.3. The van der Waals surface area contributed by atoms with Gasteiger partial charge in [-0.2, -0.15) is 4.31 Å². The molecule has 0 N–H and O–H groups in total. The van der Waals surface area contributed by atoms with Crippen LogP contribution in [0.5, 0.6) is 0 Å². The first-order valence-corrected chi connectivity index (χ1v) is 8.89. The zero-order valence-corrected chi connectivity index (χ0v) is 13.1. The summed E-state index contributed by atoms with van der Waals surface area (Å²) in [6.45, 7) is 2.46. The van der Waals surface area contributed by atoms with Gasteiger partial charge in [0.25, 0.3) is 10.0 Å². The van der Waals surface area contributed by atoms with Crippen LogP contribution in [0.2, 0.25) is 0 Å². The number of rotatable bonds is 5. The van der Waals surface area contributed by atoms with Crippen LogP contribution in [0, 0.1) is 5.92 Å². The van der Waals surface area contributed by atoms with E-state index in [0.29, 0.717) is 21.8 Å². The Balaban J connectivity index is 1.73. The van der Waals surface area contributed by atoms with E-state index in [1.165, 1.54) is 15.6 Å². The van der Waals surface area contributed by atoms with Crippen molar-refractivity contribution in [3.8, 4) is 0 Å². The van der Waals surface area contributed by atoms with Crippen molar-refractivity contribution in [2.24, 2.45) is 5.92 Å². The second-order valence-corrected chi connectivity index (χ2v) is 8.54. The van der Waals surface area contributed by atoms with Crippen LogP contribution in [-0.4, -0.2) is 19.8 Å². The molecule has 0 saturated heterocycles. The predicted molar refractivity (Wildman–Crippen MR) is 78.2 cm³/mol. The van der Waals surface area contributed by atoms with Crippen molar-refractivity contribution in [3.63, 3.8) is 0 Å². The van der Waals surface area contributed by atoms with Gasteiger partial charge in [0, 0.05) is 13.0 Å². The molecule has 4 nitrogen and oxygen atoms in total. The fraction of sp³-hybridized carbons (Fsp3) is 0.429. The molecule has 0 radical (unpaired) electrons. The van der Waals surface area contributed by atoms with Crippen molar-refractivity contribution in [3.05, 3.63) is 41.2 Å². The molecule has 0 unspecified atom stereocenters. The van der Waals surface area contributed by atoms with Gasteiger partial charge in [-0.1, -0.05) is 13.0 Å². The minimum Gasteiger partial charge on any atom is -0.464 e. The van der Waals surface area contributed by atoms with E-state index >= 15 is 0 Å². The highest BCUT2D eigenvalue weighted by molar-refractivity contribution is 7.91. The molecule has 1 aliphatic rings. The van der Waals surface area contributed by atoms with E-state index in [0.717, 1.165) is 12.2 Å². The average molecular weight is 311 g/mol. The Morgan fingerprint density at radius 2 is 2.15 bits per heavy atom. The summed E-state index contributed by atoms with van der Waals surface area (Å²) in [4.78, 5) is 0. The Labute approximate surface area is 123 Å². The van der Waals surface area contributed by atoms with Crippen LogP contribution in [0.25, 0.3) is 0 Å². The maximum Gasteiger partial charge on any atom is 0.252 e. The van der Waals surface area contributed by atoms with E-state index in [2.05, 4.69) is 6.92 Å². The van der Waals surface area contributed by atoms with Gasteiger partial charge < -0.3 is 4.42 Å². The topological polar surface area (TPSA) is 50.5 Å². The first-order valence-electron chi connectivity index (χ1n) is 6.57. The zero-order chi connectivity index (χ0) is 14.3. The highest BCUT2D eigenvalue weighted by Crippen LogP contribution is 2.47.